The molecule has 1 saturated heterocycles. The van der Waals surface area contributed by atoms with Gasteiger partial charge in [0.15, 0.2) is 5.82 Å². The lowest BCUT2D eigenvalue weighted by atomic mass is 10.1. The second kappa shape index (κ2) is 10.1. The SMILES string of the molecule is O=C(CN(CCN1CCOCC1)C(=O)c1ccc([N+](=O)[O-])cc1Cl)Nc1ccon1. The second-order valence-electron chi connectivity index (χ2n) is 6.53. The number of morpholine rings is 1. The lowest BCUT2D eigenvalue weighted by Gasteiger charge is -2.30. The molecule has 1 aliphatic rings. The van der Waals surface area contributed by atoms with Crippen molar-refractivity contribution < 1.29 is 23.8 Å². The Labute approximate surface area is 176 Å². The number of carbonyl (C=O) groups is 2. The van der Waals surface area contributed by atoms with Crippen LogP contribution in [0.3, 0.4) is 0 Å². The molecule has 11 nitrogen and oxygen atoms in total. The number of nitro benzene ring substituents is 1. The molecule has 1 aromatic carbocycles. The van der Waals surface area contributed by atoms with E-state index in [4.69, 9.17) is 16.3 Å². The summed E-state index contributed by atoms with van der Waals surface area (Å²) >= 11 is 6.11. The number of amides is 2. The van der Waals surface area contributed by atoms with Crippen molar-refractivity contribution in [3.05, 3.63) is 51.2 Å². The van der Waals surface area contributed by atoms with E-state index in [9.17, 15) is 19.7 Å². The van der Waals surface area contributed by atoms with Crippen molar-refractivity contribution in [2.45, 2.75) is 0 Å². The maximum absolute atomic E-state index is 13.1. The predicted octanol–water partition coefficient (Wildman–Crippen LogP) is 1.65. The second-order valence-corrected chi connectivity index (χ2v) is 6.94. The minimum Gasteiger partial charge on any atom is -0.379 e. The highest BCUT2D eigenvalue weighted by molar-refractivity contribution is 6.34. The maximum atomic E-state index is 13.1. The van der Waals surface area contributed by atoms with Crippen LogP contribution < -0.4 is 5.32 Å². The van der Waals surface area contributed by atoms with Gasteiger partial charge in [-0.05, 0) is 6.07 Å². The van der Waals surface area contributed by atoms with Crippen LogP contribution in [0, 0.1) is 10.1 Å². The van der Waals surface area contributed by atoms with Crippen LogP contribution in [0.2, 0.25) is 5.02 Å². The molecule has 0 bridgehead atoms. The number of nitrogens with one attached hydrogen (secondary N) is 1. The van der Waals surface area contributed by atoms with Crippen LogP contribution in [0.15, 0.2) is 35.1 Å². The summed E-state index contributed by atoms with van der Waals surface area (Å²) in [5.74, 6) is -0.732. The maximum Gasteiger partial charge on any atom is 0.270 e. The molecule has 1 aliphatic heterocycles. The van der Waals surface area contributed by atoms with Crippen molar-refractivity contribution >= 4 is 34.9 Å². The standard InChI is InChI=1S/C18H20ClN5O6/c19-15-11-13(24(27)28)1-2-14(15)18(26)23(5-4-22-6-9-29-10-7-22)12-17(25)20-16-3-8-30-21-16/h1-3,8,11H,4-7,9-10,12H2,(H,20,21,25). The first-order valence-corrected chi connectivity index (χ1v) is 9.55. The number of hydrogen-bond donors (Lipinski definition) is 1. The first kappa shape index (κ1) is 21.7. The first-order chi connectivity index (χ1) is 14.4. The van der Waals surface area contributed by atoms with E-state index >= 15 is 0 Å². The number of hydrogen-bond acceptors (Lipinski definition) is 8. The smallest absolute Gasteiger partial charge is 0.270 e. The van der Waals surface area contributed by atoms with E-state index in [-0.39, 0.29) is 35.2 Å². The fourth-order valence-corrected chi connectivity index (χ4v) is 3.19. The molecule has 12 heteroatoms. The molecular formula is C18H20ClN5O6. The van der Waals surface area contributed by atoms with Gasteiger partial charge in [-0.25, -0.2) is 0 Å². The summed E-state index contributed by atoms with van der Waals surface area (Å²) in [5, 5.41) is 17.0. The highest BCUT2D eigenvalue weighted by Crippen LogP contribution is 2.24. The van der Waals surface area contributed by atoms with E-state index in [0.717, 1.165) is 19.2 Å². The Balaban J connectivity index is 1.73. The van der Waals surface area contributed by atoms with Gasteiger partial charge in [-0.15, -0.1) is 0 Å². The summed E-state index contributed by atoms with van der Waals surface area (Å²) in [6.07, 6.45) is 1.31. The molecule has 30 heavy (non-hydrogen) atoms. The Kier molecular flexibility index (Phi) is 7.33. The van der Waals surface area contributed by atoms with Gasteiger partial charge in [0, 0.05) is 44.4 Å². The van der Waals surface area contributed by atoms with Crippen LogP contribution >= 0.6 is 11.6 Å². The van der Waals surface area contributed by atoms with Crippen LogP contribution in [0.1, 0.15) is 10.4 Å². The molecular weight excluding hydrogens is 418 g/mol. The summed E-state index contributed by atoms with van der Waals surface area (Å²) in [6, 6.07) is 5.09. The van der Waals surface area contributed by atoms with E-state index in [1.165, 1.54) is 29.4 Å². The Morgan fingerprint density at radius 1 is 1.30 bits per heavy atom. The van der Waals surface area contributed by atoms with Crippen molar-refractivity contribution in [3.63, 3.8) is 0 Å². The van der Waals surface area contributed by atoms with Crippen molar-refractivity contribution in [1.82, 2.24) is 15.0 Å². The largest absolute Gasteiger partial charge is 0.379 e. The molecule has 2 heterocycles. The van der Waals surface area contributed by atoms with Gasteiger partial charge in [-0.2, -0.15) is 0 Å². The van der Waals surface area contributed by atoms with Gasteiger partial charge in [0.2, 0.25) is 5.91 Å². The highest BCUT2D eigenvalue weighted by atomic mass is 35.5. The molecule has 1 N–H and O–H groups in total. The zero-order valence-corrected chi connectivity index (χ0v) is 16.7. The third kappa shape index (κ3) is 5.75. The molecule has 0 atom stereocenters. The topological polar surface area (TPSA) is 131 Å². The zero-order chi connectivity index (χ0) is 21.5. The lowest BCUT2D eigenvalue weighted by Crippen LogP contribution is -2.45. The number of carbonyl (C=O) groups excluding carboxylic acids is 2. The fourth-order valence-electron chi connectivity index (χ4n) is 2.93. The molecule has 1 fully saturated rings. The molecule has 2 amide bonds. The molecule has 0 spiro atoms. The molecule has 0 radical (unpaired) electrons. The Morgan fingerprint density at radius 2 is 2.07 bits per heavy atom. The van der Waals surface area contributed by atoms with Crippen LogP contribution in [-0.4, -0.2) is 77.6 Å². The Morgan fingerprint density at radius 3 is 2.70 bits per heavy atom. The minimum atomic E-state index is -0.596. The molecule has 0 aliphatic carbocycles. The van der Waals surface area contributed by atoms with Crippen molar-refractivity contribution in [2.75, 3.05) is 51.3 Å². The summed E-state index contributed by atoms with van der Waals surface area (Å²) in [7, 11) is 0. The van der Waals surface area contributed by atoms with Crippen molar-refractivity contribution in [2.24, 2.45) is 0 Å². The third-order valence-electron chi connectivity index (χ3n) is 4.51. The summed E-state index contributed by atoms with van der Waals surface area (Å²) in [6.45, 7) is 3.22. The van der Waals surface area contributed by atoms with Gasteiger partial charge in [-0.1, -0.05) is 16.8 Å². The summed E-state index contributed by atoms with van der Waals surface area (Å²) in [5.41, 5.74) is -0.140. The van der Waals surface area contributed by atoms with Crippen LogP contribution in [0.5, 0.6) is 0 Å². The van der Waals surface area contributed by atoms with Crippen molar-refractivity contribution in [1.29, 1.82) is 0 Å². The third-order valence-corrected chi connectivity index (χ3v) is 4.82. The fraction of sp³-hybridized carbons (Fsp3) is 0.389. The highest BCUT2D eigenvalue weighted by Gasteiger charge is 2.24. The van der Waals surface area contributed by atoms with Gasteiger partial charge < -0.3 is 19.5 Å². The van der Waals surface area contributed by atoms with Crippen LogP contribution in [-0.2, 0) is 9.53 Å². The number of rotatable bonds is 8. The number of anilines is 1. The molecule has 0 saturated carbocycles. The van der Waals surface area contributed by atoms with Gasteiger partial charge in [-0.3, -0.25) is 24.6 Å². The predicted molar refractivity (Wildman–Crippen MR) is 106 cm³/mol. The lowest BCUT2D eigenvalue weighted by molar-refractivity contribution is -0.384. The number of nitrogens with zero attached hydrogens (tertiary/aromatic N) is 4. The minimum absolute atomic E-state index is 0.0533. The molecule has 3 rings (SSSR count). The van der Waals surface area contributed by atoms with Crippen molar-refractivity contribution in [3.8, 4) is 0 Å². The van der Waals surface area contributed by atoms with Gasteiger partial charge >= 0.3 is 0 Å². The van der Waals surface area contributed by atoms with E-state index in [0.29, 0.717) is 19.8 Å². The van der Waals surface area contributed by atoms with Crippen LogP contribution in [0.25, 0.3) is 0 Å². The number of halogens is 1. The molecule has 1 aromatic heterocycles. The average molecular weight is 438 g/mol. The summed E-state index contributed by atoms with van der Waals surface area (Å²) in [4.78, 5) is 39.2. The Bertz CT molecular complexity index is 900. The Hall–Kier alpha value is -3.02. The normalized spacial score (nSPS) is 14.3. The monoisotopic (exact) mass is 437 g/mol. The number of aromatic nitrogens is 1. The number of ether oxygens (including phenoxy) is 1. The van der Waals surface area contributed by atoms with E-state index in [1.807, 2.05) is 0 Å². The number of nitro groups is 1. The number of non-ortho nitro benzene ring substituents is 1. The van der Waals surface area contributed by atoms with Gasteiger partial charge in [0.25, 0.3) is 11.6 Å². The van der Waals surface area contributed by atoms with Gasteiger partial charge in [0.05, 0.1) is 28.7 Å². The molecule has 2 aromatic rings. The number of benzene rings is 1. The molecule has 160 valence electrons. The first-order valence-electron chi connectivity index (χ1n) is 9.17. The average Bonchev–Trinajstić information content (AvgIpc) is 3.24. The quantitative estimate of drug-likeness (QED) is 0.487. The van der Waals surface area contributed by atoms with E-state index in [1.54, 1.807) is 0 Å². The zero-order valence-electron chi connectivity index (χ0n) is 16.0. The molecule has 0 unspecified atom stereocenters. The van der Waals surface area contributed by atoms with E-state index in [2.05, 4.69) is 19.9 Å². The van der Waals surface area contributed by atoms with E-state index < -0.39 is 16.7 Å². The van der Waals surface area contributed by atoms with Gasteiger partial charge in [0.1, 0.15) is 12.8 Å². The summed E-state index contributed by atoms with van der Waals surface area (Å²) < 4.78 is 9.99. The van der Waals surface area contributed by atoms with Crippen LogP contribution in [0.4, 0.5) is 11.5 Å².